The lowest BCUT2D eigenvalue weighted by molar-refractivity contribution is -0.00770. The van der Waals surface area contributed by atoms with Gasteiger partial charge in [0.05, 0.1) is 18.7 Å². The van der Waals surface area contributed by atoms with Crippen molar-refractivity contribution < 1.29 is 9.90 Å². The molecular weight excluding hydrogens is 350 g/mol. The molecule has 1 fully saturated rings. The van der Waals surface area contributed by atoms with Crippen LogP contribution in [-0.2, 0) is 0 Å². The van der Waals surface area contributed by atoms with Crippen LogP contribution in [0.2, 0.25) is 0 Å². The molecule has 3 N–H and O–H groups in total. The van der Waals surface area contributed by atoms with Gasteiger partial charge in [0, 0.05) is 18.5 Å². The quantitative estimate of drug-likeness (QED) is 0.673. The summed E-state index contributed by atoms with van der Waals surface area (Å²) in [5, 5.41) is 16.4. The molecule has 5 nitrogen and oxygen atoms in total. The van der Waals surface area contributed by atoms with Gasteiger partial charge in [0.15, 0.2) is 0 Å². The Balaban J connectivity index is 1.79. The number of carbonyl (C=O) groups excluding carboxylic acids is 1. The zero-order chi connectivity index (χ0) is 20.1. The maximum absolute atomic E-state index is 12.7. The summed E-state index contributed by atoms with van der Waals surface area (Å²) >= 11 is 0. The predicted octanol–water partition coefficient (Wildman–Crippen LogP) is 3.50. The first-order valence-electron chi connectivity index (χ1n) is 10.8. The van der Waals surface area contributed by atoms with E-state index in [1.54, 1.807) is 0 Å². The first-order valence-corrected chi connectivity index (χ1v) is 10.8. The summed E-state index contributed by atoms with van der Waals surface area (Å²) < 4.78 is 0. The van der Waals surface area contributed by atoms with Gasteiger partial charge in [-0.2, -0.15) is 0 Å². The molecule has 1 aliphatic carbocycles. The zero-order valence-electron chi connectivity index (χ0n) is 17.4. The van der Waals surface area contributed by atoms with E-state index in [4.69, 9.17) is 0 Å². The van der Waals surface area contributed by atoms with Gasteiger partial charge in [-0.15, -0.1) is 0 Å². The third-order valence-electron chi connectivity index (χ3n) is 5.94. The molecule has 0 unspecified atom stereocenters. The first kappa shape index (κ1) is 20.9. The van der Waals surface area contributed by atoms with Crippen molar-refractivity contribution in [2.75, 3.05) is 19.7 Å². The normalized spacial score (nSPS) is 24.7. The van der Waals surface area contributed by atoms with Crippen molar-refractivity contribution in [2.45, 2.75) is 70.5 Å². The van der Waals surface area contributed by atoms with Gasteiger partial charge in [0.2, 0.25) is 0 Å². The Bertz CT molecular complexity index is 684. The largest absolute Gasteiger partial charge is 0.394 e. The maximum Gasteiger partial charge on any atom is 0.318 e. The summed E-state index contributed by atoms with van der Waals surface area (Å²) in [6, 6.07) is 8.66. The van der Waals surface area contributed by atoms with Crippen LogP contribution in [0.15, 0.2) is 30.3 Å². The number of allylic oxidation sites excluding steroid dienone is 2. The minimum absolute atomic E-state index is 0.0221. The molecule has 28 heavy (non-hydrogen) atoms. The SMILES string of the molecule is CCNC[C@H]1[C@H](c2ccc(C3=CCCCC3)cc2)[C@@H](CO)N1C(=O)NC(C)C. The Morgan fingerprint density at radius 3 is 2.54 bits per heavy atom. The average Bonchev–Trinajstić information content (AvgIpc) is 2.68. The van der Waals surface area contributed by atoms with Crippen molar-refractivity contribution in [3.63, 3.8) is 0 Å². The van der Waals surface area contributed by atoms with Crippen molar-refractivity contribution in [1.82, 2.24) is 15.5 Å². The molecule has 3 atom stereocenters. The van der Waals surface area contributed by atoms with E-state index in [1.165, 1.54) is 36.0 Å². The Morgan fingerprint density at radius 1 is 1.21 bits per heavy atom. The Labute approximate surface area is 169 Å². The average molecular weight is 386 g/mol. The standard InChI is InChI=1S/C23H35N3O2/c1-4-24-14-20-22(21(15-27)26(20)23(28)25-16(2)3)19-12-10-18(11-13-19)17-8-6-5-7-9-17/h8,10-13,16,20-22,24,27H,4-7,9,14-15H2,1-3H3,(H,25,28)/t20-,21+,22-/m0/s1. The summed E-state index contributed by atoms with van der Waals surface area (Å²) in [6.45, 7) is 7.56. The van der Waals surface area contributed by atoms with E-state index in [2.05, 4.69) is 47.9 Å². The Hall–Kier alpha value is -1.85. The molecule has 154 valence electrons. The molecule has 5 heteroatoms. The fourth-order valence-electron chi connectivity index (χ4n) is 4.55. The molecule has 0 spiro atoms. The number of carbonyl (C=O) groups is 1. The molecule has 1 heterocycles. The second-order valence-electron chi connectivity index (χ2n) is 8.26. The molecule has 2 aliphatic rings. The van der Waals surface area contributed by atoms with Crippen LogP contribution in [0, 0.1) is 0 Å². The number of nitrogens with zero attached hydrogens (tertiary/aromatic N) is 1. The molecule has 0 aromatic heterocycles. The zero-order valence-corrected chi connectivity index (χ0v) is 17.4. The summed E-state index contributed by atoms with van der Waals surface area (Å²) in [5.41, 5.74) is 3.96. The molecule has 2 amide bonds. The maximum atomic E-state index is 12.7. The molecule has 0 bridgehead atoms. The van der Waals surface area contributed by atoms with Crippen LogP contribution >= 0.6 is 0 Å². The van der Waals surface area contributed by atoms with E-state index in [-0.39, 0.29) is 36.7 Å². The van der Waals surface area contributed by atoms with Gasteiger partial charge in [0.25, 0.3) is 0 Å². The molecule has 1 aliphatic heterocycles. The van der Waals surface area contributed by atoms with Crippen LogP contribution in [0.4, 0.5) is 4.79 Å². The molecule has 3 rings (SSSR count). The number of urea groups is 1. The van der Waals surface area contributed by atoms with Gasteiger partial charge in [0.1, 0.15) is 0 Å². The Morgan fingerprint density at radius 2 is 1.96 bits per heavy atom. The summed E-state index contributed by atoms with van der Waals surface area (Å²) in [5.74, 6) is 0.149. The fourth-order valence-corrected chi connectivity index (χ4v) is 4.55. The van der Waals surface area contributed by atoms with Crippen LogP contribution in [-0.4, -0.2) is 53.9 Å². The van der Waals surface area contributed by atoms with Crippen LogP contribution < -0.4 is 10.6 Å². The third-order valence-corrected chi connectivity index (χ3v) is 5.94. The predicted molar refractivity (Wildman–Crippen MR) is 114 cm³/mol. The van der Waals surface area contributed by atoms with Crippen molar-refractivity contribution in [3.05, 3.63) is 41.5 Å². The third kappa shape index (κ3) is 4.41. The second kappa shape index (κ2) is 9.57. The monoisotopic (exact) mass is 385 g/mol. The number of hydrogen-bond donors (Lipinski definition) is 3. The Kier molecular flexibility index (Phi) is 7.13. The fraction of sp³-hybridized carbons (Fsp3) is 0.609. The molecular formula is C23H35N3O2. The highest BCUT2D eigenvalue weighted by Gasteiger charge is 2.50. The van der Waals surface area contributed by atoms with E-state index in [0.717, 1.165) is 19.5 Å². The van der Waals surface area contributed by atoms with E-state index in [9.17, 15) is 9.90 Å². The number of rotatable bonds is 7. The van der Waals surface area contributed by atoms with Crippen molar-refractivity contribution in [2.24, 2.45) is 0 Å². The van der Waals surface area contributed by atoms with Crippen LogP contribution in [0.25, 0.3) is 5.57 Å². The summed E-state index contributed by atoms with van der Waals surface area (Å²) in [7, 11) is 0. The number of amides is 2. The van der Waals surface area contributed by atoms with Gasteiger partial charge in [-0.25, -0.2) is 4.79 Å². The highest BCUT2D eigenvalue weighted by molar-refractivity contribution is 5.77. The number of benzene rings is 1. The van der Waals surface area contributed by atoms with E-state index in [0.29, 0.717) is 0 Å². The van der Waals surface area contributed by atoms with E-state index >= 15 is 0 Å². The van der Waals surface area contributed by atoms with Crippen LogP contribution in [0.1, 0.15) is 63.5 Å². The first-order chi connectivity index (χ1) is 13.6. The van der Waals surface area contributed by atoms with Crippen molar-refractivity contribution >= 4 is 11.6 Å². The van der Waals surface area contributed by atoms with Crippen LogP contribution in [0.5, 0.6) is 0 Å². The van der Waals surface area contributed by atoms with Crippen LogP contribution in [0.3, 0.4) is 0 Å². The van der Waals surface area contributed by atoms with E-state index < -0.39 is 0 Å². The summed E-state index contributed by atoms with van der Waals surface area (Å²) in [4.78, 5) is 14.5. The molecule has 0 saturated carbocycles. The number of nitrogens with one attached hydrogen (secondary N) is 2. The minimum atomic E-state index is -0.179. The number of hydrogen-bond acceptors (Lipinski definition) is 3. The highest BCUT2D eigenvalue weighted by atomic mass is 16.3. The topological polar surface area (TPSA) is 64.6 Å². The second-order valence-corrected chi connectivity index (χ2v) is 8.26. The number of likely N-dealkylation sites (N-methyl/N-ethyl adjacent to an activating group) is 1. The smallest absolute Gasteiger partial charge is 0.318 e. The lowest BCUT2D eigenvalue weighted by Gasteiger charge is -2.55. The van der Waals surface area contributed by atoms with E-state index in [1.807, 2.05) is 18.7 Å². The molecule has 1 aromatic rings. The van der Waals surface area contributed by atoms with Gasteiger partial charge in [-0.1, -0.05) is 37.3 Å². The number of aliphatic hydroxyl groups is 1. The number of likely N-dealkylation sites (tertiary alicyclic amines) is 1. The van der Waals surface area contributed by atoms with Crippen molar-refractivity contribution in [3.8, 4) is 0 Å². The molecule has 0 radical (unpaired) electrons. The van der Waals surface area contributed by atoms with Gasteiger partial charge in [-0.05, 0) is 62.8 Å². The number of aliphatic hydroxyl groups excluding tert-OH is 1. The summed E-state index contributed by atoms with van der Waals surface area (Å²) in [6.07, 6.45) is 7.27. The van der Waals surface area contributed by atoms with Crippen molar-refractivity contribution in [1.29, 1.82) is 0 Å². The van der Waals surface area contributed by atoms with Gasteiger partial charge in [-0.3, -0.25) is 0 Å². The van der Waals surface area contributed by atoms with Gasteiger partial charge >= 0.3 is 6.03 Å². The lowest BCUT2D eigenvalue weighted by Crippen LogP contribution is -2.70. The highest BCUT2D eigenvalue weighted by Crippen LogP contribution is 2.41. The lowest BCUT2D eigenvalue weighted by atomic mass is 9.75. The molecule has 1 aromatic carbocycles. The van der Waals surface area contributed by atoms with Gasteiger partial charge < -0.3 is 20.6 Å². The molecule has 1 saturated heterocycles. The minimum Gasteiger partial charge on any atom is -0.394 e.